The van der Waals surface area contributed by atoms with Gasteiger partial charge in [0, 0.05) is 5.56 Å². The third-order valence-corrected chi connectivity index (χ3v) is 5.36. The normalized spacial score (nSPS) is 11.9. The smallest absolute Gasteiger partial charge is 0.230 e. The van der Waals surface area contributed by atoms with Crippen LogP contribution in [0.5, 0.6) is 0 Å². The Morgan fingerprint density at radius 2 is 1.86 bits per heavy atom. The molecule has 7 heteroatoms. The lowest BCUT2D eigenvalue weighted by Crippen LogP contribution is -2.30. The van der Waals surface area contributed by atoms with E-state index in [2.05, 4.69) is 22.4 Å². The Bertz CT molecular complexity index is 908. The Labute approximate surface area is 169 Å². The molecule has 1 unspecified atom stereocenters. The molecule has 1 heterocycles. The van der Waals surface area contributed by atoms with Gasteiger partial charge in [0.25, 0.3) is 0 Å². The topological polar surface area (TPSA) is 85.8 Å². The summed E-state index contributed by atoms with van der Waals surface area (Å²) < 4.78 is 1.43. The molecule has 0 aliphatic carbocycles. The summed E-state index contributed by atoms with van der Waals surface area (Å²) >= 11 is 1.28. The zero-order valence-electron chi connectivity index (χ0n) is 16.1. The molecule has 0 aliphatic heterocycles. The number of aromatic nitrogens is 3. The van der Waals surface area contributed by atoms with Crippen molar-refractivity contribution in [2.45, 2.75) is 37.9 Å². The van der Waals surface area contributed by atoms with E-state index in [0.717, 1.165) is 29.5 Å². The Kier molecular flexibility index (Phi) is 6.71. The molecule has 0 bridgehead atoms. The minimum atomic E-state index is -0.0489. The first-order valence-electron chi connectivity index (χ1n) is 9.33. The number of thioether (sulfide) groups is 1. The number of aryl methyl sites for hydroxylation is 1. The van der Waals surface area contributed by atoms with E-state index in [1.165, 1.54) is 16.4 Å². The second-order valence-corrected chi connectivity index (χ2v) is 7.59. The molecule has 0 fully saturated rings. The van der Waals surface area contributed by atoms with E-state index in [1.807, 2.05) is 61.5 Å². The quantitative estimate of drug-likeness (QED) is 0.448. The molecule has 1 amide bonds. The van der Waals surface area contributed by atoms with Gasteiger partial charge in [-0.15, -0.1) is 10.2 Å². The van der Waals surface area contributed by atoms with E-state index in [0.29, 0.717) is 11.0 Å². The first-order chi connectivity index (χ1) is 13.6. The average Bonchev–Trinajstić information content (AvgIpc) is 3.08. The fourth-order valence-electron chi connectivity index (χ4n) is 2.94. The highest BCUT2D eigenvalue weighted by Crippen LogP contribution is 2.23. The lowest BCUT2D eigenvalue weighted by Gasteiger charge is -2.18. The zero-order valence-corrected chi connectivity index (χ0v) is 16.9. The SMILES string of the molecule is CCCC(NC(=O)CSc1nnc(-c2ccc(C)cc2)n1N)c1ccccc1. The van der Waals surface area contributed by atoms with Crippen LogP contribution in [0.25, 0.3) is 11.4 Å². The van der Waals surface area contributed by atoms with Gasteiger partial charge < -0.3 is 11.2 Å². The van der Waals surface area contributed by atoms with Gasteiger partial charge in [-0.1, -0.05) is 85.3 Å². The lowest BCUT2D eigenvalue weighted by atomic mass is 10.0. The molecule has 3 rings (SSSR count). The Hall–Kier alpha value is -2.80. The van der Waals surface area contributed by atoms with Crippen LogP contribution in [0.15, 0.2) is 59.8 Å². The van der Waals surface area contributed by atoms with Gasteiger partial charge >= 0.3 is 0 Å². The molecular formula is C21H25N5OS. The predicted octanol–water partition coefficient (Wildman–Crippen LogP) is 3.72. The Balaban J connectivity index is 1.62. The summed E-state index contributed by atoms with van der Waals surface area (Å²) in [5, 5.41) is 11.9. The van der Waals surface area contributed by atoms with Crippen molar-refractivity contribution in [2.24, 2.45) is 0 Å². The molecule has 1 atom stereocenters. The maximum absolute atomic E-state index is 12.5. The van der Waals surface area contributed by atoms with Crippen LogP contribution in [-0.4, -0.2) is 26.5 Å². The molecule has 146 valence electrons. The van der Waals surface area contributed by atoms with Crippen molar-refractivity contribution in [3.63, 3.8) is 0 Å². The highest BCUT2D eigenvalue weighted by atomic mass is 32.2. The second kappa shape index (κ2) is 9.41. The first-order valence-corrected chi connectivity index (χ1v) is 10.3. The van der Waals surface area contributed by atoms with Gasteiger partial charge in [-0.05, 0) is 18.9 Å². The van der Waals surface area contributed by atoms with Gasteiger partial charge in [-0.2, -0.15) is 0 Å². The molecule has 0 saturated heterocycles. The maximum atomic E-state index is 12.5. The van der Waals surface area contributed by atoms with E-state index in [-0.39, 0.29) is 17.7 Å². The lowest BCUT2D eigenvalue weighted by molar-refractivity contribution is -0.119. The fourth-order valence-corrected chi connectivity index (χ4v) is 3.60. The molecule has 0 spiro atoms. The maximum Gasteiger partial charge on any atom is 0.230 e. The van der Waals surface area contributed by atoms with Crippen molar-refractivity contribution in [1.82, 2.24) is 20.2 Å². The number of hydrogen-bond donors (Lipinski definition) is 2. The van der Waals surface area contributed by atoms with Crippen molar-refractivity contribution in [1.29, 1.82) is 0 Å². The number of nitrogen functional groups attached to an aromatic ring is 1. The summed E-state index contributed by atoms with van der Waals surface area (Å²) in [5.41, 5.74) is 3.17. The van der Waals surface area contributed by atoms with Gasteiger partial charge in [0.15, 0.2) is 5.82 Å². The third-order valence-electron chi connectivity index (χ3n) is 4.42. The molecule has 0 radical (unpaired) electrons. The van der Waals surface area contributed by atoms with Gasteiger partial charge in [-0.25, -0.2) is 4.68 Å². The molecule has 3 aromatic rings. The summed E-state index contributed by atoms with van der Waals surface area (Å²) in [7, 11) is 0. The largest absolute Gasteiger partial charge is 0.349 e. The van der Waals surface area contributed by atoms with Crippen LogP contribution in [0.1, 0.15) is 36.9 Å². The van der Waals surface area contributed by atoms with E-state index in [9.17, 15) is 4.79 Å². The van der Waals surface area contributed by atoms with Crippen LogP contribution in [0, 0.1) is 6.92 Å². The predicted molar refractivity (Wildman–Crippen MR) is 113 cm³/mol. The summed E-state index contributed by atoms with van der Waals surface area (Å²) in [6.07, 6.45) is 1.88. The number of hydrogen-bond acceptors (Lipinski definition) is 5. The highest BCUT2D eigenvalue weighted by molar-refractivity contribution is 7.99. The molecule has 28 heavy (non-hydrogen) atoms. The van der Waals surface area contributed by atoms with E-state index < -0.39 is 0 Å². The summed E-state index contributed by atoms with van der Waals surface area (Å²) in [5.74, 6) is 6.90. The van der Waals surface area contributed by atoms with Crippen LogP contribution in [0.4, 0.5) is 0 Å². The van der Waals surface area contributed by atoms with Gasteiger partial charge in [0.1, 0.15) is 0 Å². The molecule has 1 aromatic heterocycles. The van der Waals surface area contributed by atoms with Crippen molar-refractivity contribution >= 4 is 17.7 Å². The summed E-state index contributed by atoms with van der Waals surface area (Å²) in [4.78, 5) is 12.5. The van der Waals surface area contributed by atoms with Crippen LogP contribution in [0.3, 0.4) is 0 Å². The van der Waals surface area contributed by atoms with Crippen LogP contribution < -0.4 is 11.2 Å². The third kappa shape index (κ3) is 4.92. The fraction of sp³-hybridized carbons (Fsp3) is 0.286. The number of rotatable bonds is 8. The van der Waals surface area contributed by atoms with Crippen molar-refractivity contribution in [3.8, 4) is 11.4 Å². The van der Waals surface area contributed by atoms with Crippen molar-refractivity contribution in [2.75, 3.05) is 11.6 Å². The Morgan fingerprint density at radius 1 is 1.14 bits per heavy atom. The number of carbonyl (C=O) groups excluding carboxylic acids is 1. The molecule has 6 nitrogen and oxygen atoms in total. The first kappa shape index (κ1) is 19.9. The van der Waals surface area contributed by atoms with Crippen LogP contribution >= 0.6 is 11.8 Å². The molecule has 2 aromatic carbocycles. The van der Waals surface area contributed by atoms with Crippen molar-refractivity contribution in [3.05, 3.63) is 65.7 Å². The number of amides is 1. The monoisotopic (exact) mass is 395 g/mol. The minimum Gasteiger partial charge on any atom is -0.349 e. The zero-order chi connectivity index (χ0) is 19.9. The Morgan fingerprint density at radius 3 is 2.54 bits per heavy atom. The van der Waals surface area contributed by atoms with Gasteiger partial charge in [0.2, 0.25) is 11.1 Å². The number of carbonyl (C=O) groups is 1. The molecule has 0 aliphatic rings. The standard InChI is InChI=1S/C21H25N5OS/c1-3-7-18(16-8-5-4-6-9-16)23-19(27)14-28-21-25-24-20(26(21)22)17-12-10-15(2)11-13-17/h4-6,8-13,18H,3,7,14,22H2,1-2H3,(H,23,27). The summed E-state index contributed by atoms with van der Waals surface area (Å²) in [6.45, 7) is 4.14. The van der Waals surface area contributed by atoms with E-state index in [4.69, 9.17) is 5.84 Å². The molecular weight excluding hydrogens is 370 g/mol. The second-order valence-electron chi connectivity index (χ2n) is 6.65. The number of nitrogens with two attached hydrogens (primary N) is 1. The summed E-state index contributed by atoms with van der Waals surface area (Å²) in [6, 6.07) is 18.0. The van der Waals surface area contributed by atoms with Crippen LogP contribution in [0.2, 0.25) is 0 Å². The van der Waals surface area contributed by atoms with Gasteiger partial charge in [-0.3, -0.25) is 4.79 Å². The van der Waals surface area contributed by atoms with Crippen LogP contribution in [-0.2, 0) is 4.79 Å². The molecule has 3 N–H and O–H groups in total. The van der Waals surface area contributed by atoms with E-state index in [1.54, 1.807) is 0 Å². The van der Waals surface area contributed by atoms with Gasteiger partial charge in [0.05, 0.1) is 11.8 Å². The minimum absolute atomic E-state index is 0.0122. The molecule has 0 saturated carbocycles. The number of nitrogens with zero attached hydrogens (tertiary/aromatic N) is 3. The van der Waals surface area contributed by atoms with Crippen molar-refractivity contribution < 1.29 is 4.79 Å². The number of benzene rings is 2. The average molecular weight is 396 g/mol. The van der Waals surface area contributed by atoms with E-state index >= 15 is 0 Å². The highest BCUT2D eigenvalue weighted by Gasteiger charge is 2.16. The number of nitrogens with one attached hydrogen (secondary N) is 1.